The number of nitrogens with one attached hydrogen (secondary N) is 1. The second-order valence-electron chi connectivity index (χ2n) is 4.49. The molecule has 0 amide bonds. The van der Waals surface area contributed by atoms with Crippen molar-refractivity contribution in [2.45, 2.75) is 25.8 Å². The third-order valence-corrected chi connectivity index (χ3v) is 3.39. The minimum absolute atomic E-state index is 0.270. The number of halogens is 1. The van der Waals surface area contributed by atoms with Crippen molar-refractivity contribution in [3.05, 3.63) is 34.3 Å². The number of aromatic carboxylic acids is 1. The summed E-state index contributed by atoms with van der Waals surface area (Å²) in [4.78, 5) is 11.1. The van der Waals surface area contributed by atoms with E-state index in [2.05, 4.69) is 10.4 Å². The first kappa shape index (κ1) is 13.3. The summed E-state index contributed by atoms with van der Waals surface area (Å²) in [5, 5.41) is 11.7. The molecule has 0 saturated carbocycles. The maximum Gasteiger partial charge on any atom is 0.336 e. The van der Waals surface area contributed by atoms with Crippen LogP contribution in [0.5, 0.6) is 0 Å². The molecular formula is C13H17ClN2O2. The van der Waals surface area contributed by atoms with Crippen molar-refractivity contribution in [2.24, 2.45) is 0 Å². The van der Waals surface area contributed by atoms with Crippen molar-refractivity contribution in [3.8, 4) is 0 Å². The van der Waals surface area contributed by atoms with Gasteiger partial charge in [-0.05, 0) is 30.5 Å². The van der Waals surface area contributed by atoms with Crippen LogP contribution in [0, 0.1) is 0 Å². The highest BCUT2D eigenvalue weighted by molar-refractivity contribution is 6.30. The van der Waals surface area contributed by atoms with E-state index >= 15 is 0 Å². The summed E-state index contributed by atoms with van der Waals surface area (Å²) >= 11 is 5.82. The molecule has 1 aromatic rings. The Hall–Kier alpha value is -1.10. The lowest BCUT2D eigenvalue weighted by Gasteiger charge is -2.27. The van der Waals surface area contributed by atoms with Crippen LogP contribution in [0.1, 0.15) is 35.2 Å². The third-order valence-electron chi connectivity index (χ3n) is 3.15. The van der Waals surface area contributed by atoms with Crippen LogP contribution in [0.3, 0.4) is 0 Å². The highest BCUT2D eigenvalue weighted by atomic mass is 35.5. The largest absolute Gasteiger partial charge is 0.478 e. The molecule has 0 bridgehead atoms. The fourth-order valence-electron chi connectivity index (χ4n) is 2.15. The second-order valence-corrected chi connectivity index (χ2v) is 4.93. The quantitative estimate of drug-likeness (QED) is 0.881. The summed E-state index contributed by atoms with van der Waals surface area (Å²) in [5.41, 5.74) is 4.31. The predicted octanol–water partition coefficient (Wildman–Crippen LogP) is 2.53. The van der Waals surface area contributed by atoms with E-state index in [1.165, 1.54) is 25.3 Å². The van der Waals surface area contributed by atoms with Gasteiger partial charge in [-0.25, -0.2) is 9.80 Å². The Labute approximate surface area is 112 Å². The average molecular weight is 269 g/mol. The first-order chi connectivity index (χ1) is 8.66. The van der Waals surface area contributed by atoms with Gasteiger partial charge in [-0.2, -0.15) is 0 Å². The Morgan fingerprint density at radius 3 is 2.72 bits per heavy atom. The van der Waals surface area contributed by atoms with Gasteiger partial charge in [0, 0.05) is 24.7 Å². The van der Waals surface area contributed by atoms with Gasteiger partial charge in [0.15, 0.2) is 0 Å². The van der Waals surface area contributed by atoms with Crippen molar-refractivity contribution < 1.29 is 9.90 Å². The van der Waals surface area contributed by atoms with Gasteiger partial charge in [-0.3, -0.25) is 5.43 Å². The fraction of sp³-hybridized carbons (Fsp3) is 0.462. The molecule has 0 radical (unpaired) electrons. The van der Waals surface area contributed by atoms with Crippen molar-refractivity contribution in [1.29, 1.82) is 0 Å². The molecule has 2 N–H and O–H groups in total. The number of nitrogens with zero attached hydrogens (tertiary/aromatic N) is 1. The number of benzene rings is 1. The molecule has 4 nitrogen and oxygen atoms in total. The van der Waals surface area contributed by atoms with Crippen LogP contribution < -0.4 is 5.43 Å². The zero-order chi connectivity index (χ0) is 13.0. The minimum Gasteiger partial charge on any atom is -0.478 e. The molecule has 0 atom stereocenters. The number of carboxylic acids is 1. The summed E-state index contributed by atoms with van der Waals surface area (Å²) in [6.07, 6.45) is 3.66. The Kier molecular flexibility index (Phi) is 4.58. The Balaban J connectivity index is 2.01. The molecule has 2 rings (SSSR count). The molecule has 1 heterocycles. The number of carbonyl (C=O) groups is 1. The van der Waals surface area contributed by atoms with Crippen molar-refractivity contribution in [1.82, 2.24) is 10.4 Å². The molecule has 5 heteroatoms. The van der Waals surface area contributed by atoms with Gasteiger partial charge in [0.2, 0.25) is 0 Å². The van der Waals surface area contributed by atoms with E-state index < -0.39 is 5.97 Å². The van der Waals surface area contributed by atoms with Gasteiger partial charge < -0.3 is 5.11 Å². The van der Waals surface area contributed by atoms with Crippen LogP contribution >= 0.6 is 11.6 Å². The first-order valence-electron chi connectivity index (χ1n) is 6.17. The van der Waals surface area contributed by atoms with Crippen LogP contribution in [0.15, 0.2) is 18.2 Å². The molecule has 18 heavy (non-hydrogen) atoms. The van der Waals surface area contributed by atoms with Crippen LogP contribution in [0.2, 0.25) is 5.02 Å². The van der Waals surface area contributed by atoms with E-state index in [9.17, 15) is 4.79 Å². The molecule has 1 fully saturated rings. The van der Waals surface area contributed by atoms with Gasteiger partial charge in [-0.15, -0.1) is 0 Å². The summed E-state index contributed by atoms with van der Waals surface area (Å²) in [7, 11) is 0. The number of hydrazine groups is 1. The molecule has 98 valence electrons. The van der Waals surface area contributed by atoms with E-state index in [1.54, 1.807) is 12.1 Å². The van der Waals surface area contributed by atoms with Gasteiger partial charge in [0.1, 0.15) is 0 Å². The van der Waals surface area contributed by atoms with E-state index in [0.717, 1.165) is 18.7 Å². The Morgan fingerprint density at radius 1 is 1.33 bits per heavy atom. The van der Waals surface area contributed by atoms with Crippen LogP contribution in [0.25, 0.3) is 0 Å². The lowest BCUT2D eigenvalue weighted by molar-refractivity contribution is 0.0694. The molecule has 0 spiro atoms. The fourth-order valence-corrected chi connectivity index (χ4v) is 2.32. The molecular weight excluding hydrogens is 252 g/mol. The zero-order valence-corrected chi connectivity index (χ0v) is 10.9. The number of rotatable bonds is 4. The third kappa shape index (κ3) is 3.45. The summed E-state index contributed by atoms with van der Waals surface area (Å²) in [6, 6.07) is 4.99. The lowest BCUT2D eigenvalue weighted by Crippen LogP contribution is -2.41. The zero-order valence-electron chi connectivity index (χ0n) is 10.2. The van der Waals surface area contributed by atoms with Crippen LogP contribution in [0.4, 0.5) is 0 Å². The highest BCUT2D eigenvalue weighted by Gasteiger charge is 2.13. The van der Waals surface area contributed by atoms with Gasteiger partial charge >= 0.3 is 5.97 Å². The van der Waals surface area contributed by atoms with E-state index in [1.807, 2.05) is 0 Å². The summed E-state index contributed by atoms with van der Waals surface area (Å²) < 4.78 is 0. The number of hydrogen-bond acceptors (Lipinski definition) is 3. The molecule has 1 saturated heterocycles. The Bertz CT molecular complexity index is 431. The maximum atomic E-state index is 11.1. The average Bonchev–Trinajstić information content (AvgIpc) is 2.38. The number of carboxylic acid groups (broad SMARTS) is 1. The highest BCUT2D eigenvalue weighted by Crippen LogP contribution is 2.16. The first-order valence-corrected chi connectivity index (χ1v) is 6.55. The Morgan fingerprint density at radius 2 is 2.06 bits per heavy atom. The van der Waals surface area contributed by atoms with Crippen molar-refractivity contribution in [2.75, 3.05) is 13.1 Å². The van der Waals surface area contributed by atoms with Crippen molar-refractivity contribution in [3.63, 3.8) is 0 Å². The minimum atomic E-state index is -0.937. The normalized spacial score (nSPS) is 16.7. The lowest BCUT2D eigenvalue weighted by atomic mass is 10.1. The van der Waals surface area contributed by atoms with E-state index in [4.69, 9.17) is 16.7 Å². The number of piperidine rings is 1. The maximum absolute atomic E-state index is 11.1. The SMILES string of the molecule is O=C(O)c1cc(Cl)ccc1CNN1CCCCC1. The van der Waals surface area contributed by atoms with Crippen molar-refractivity contribution >= 4 is 17.6 Å². The summed E-state index contributed by atoms with van der Waals surface area (Å²) in [6.45, 7) is 2.57. The number of hydrogen-bond donors (Lipinski definition) is 2. The van der Waals surface area contributed by atoms with E-state index in [-0.39, 0.29) is 5.56 Å². The molecule has 1 aliphatic rings. The molecule has 0 unspecified atom stereocenters. The van der Waals surface area contributed by atoms with Crippen LogP contribution in [-0.2, 0) is 6.54 Å². The summed E-state index contributed by atoms with van der Waals surface area (Å²) in [5.74, 6) is -0.937. The second kappa shape index (κ2) is 6.18. The van der Waals surface area contributed by atoms with Crippen LogP contribution in [-0.4, -0.2) is 29.2 Å². The molecule has 1 aliphatic heterocycles. The monoisotopic (exact) mass is 268 g/mol. The van der Waals surface area contributed by atoms with Gasteiger partial charge in [-0.1, -0.05) is 24.1 Å². The van der Waals surface area contributed by atoms with E-state index in [0.29, 0.717) is 11.6 Å². The van der Waals surface area contributed by atoms with Gasteiger partial charge in [0.25, 0.3) is 0 Å². The molecule has 1 aromatic carbocycles. The molecule has 0 aliphatic carbocycles. The smallest absolute Gasteiger partial charge is 0.336 e. The standard InChI is InChI=1S/C13H17ClN2O2/c14-11-5-4-10(12(8-11)13(17)18)9-15-16-6-2-1-3-7-16/h4-5,8,15H,1-3,6-7,9H2,(H,17,18). The topological polar surface area (TPSA) is 52.6 Å². The van der Waals surface area contributed by atoms with Gasteiger partial charge in [0.05, 0.1) is 5.56 Å². The predicted molar refractivity (Wildman–Crippen MR) is 70.7 cm³/mol. The molecule has 0 aromatic heterocycles.